The molecule has 2 heterocycles. The zero-order chi connectivity index (χ0) is 14.9. The van der Waals surface area contributed by atoms with Crippen LogP contribution in [0.3, 0.4) is 0 Å². The molecule has 0 spiro atoms. The number of aliphatic hydroxyl groups excluding tert-OH is 1. The first-order chi connectivity index (χ1) is 9.45. The number of aryl methyl sites for hydroxylation is 2. The Labute approximate surface area is 118 Å². The fourth-order valence-electron chi connectivity index (χ4n) is 2.90. The minimum atomic E-state index is -0.343. The number of piperidine rings is 1. The van der Waals surface area contributed by atoms with Crippen molar-refractivity contribution < 1.29 is 10.0 Å². The molecule has 1 fully saturated rings. The molecule has 1 unspecified atom stereocenters. The third-order valence-corrected chi connectivity index (χ3v) is 4.07. The summed E-state index contributed by atoms with van der Waals surface area (Å²) in [5.41, 5.74) is 0.576. The summed E-state index contributed by atoms with van der Waals surface area (Å²) in [5, 5.41) is 25.2. The summed E-state index contributed by atoms with van der Waals surface area (Å²) >= 11 is 0. The Hall–Kier alpha value is -1.63. The molecule has 7 nitrogen and oxygen atoms in total. The molecular weight excluding hydrogens is 260 g/mol. The molecule has 0 radical (unpaired) electrons. The molecule has 1 aromatic rings. The van der Waals surface area contributed by atoms with Crippen molar-refractivity contribution in [3.05, 3.63) is 15.8 Å². The molecule has 1 N–H and O–H groups in total. The SMILES string of the molecule is CCn1nc(C)c([N+](=O)[O-])c1N1CCC(C(C)O)CC1. The van der Waals surface area contributed by atoms with Gasteiger partial charge in [0.1, 0.15) is 5.69 Å². The molecule has 0 aromatic carbocycles. The quantitative estimate of drug-likeness (QED) is 0.671. The molecule has 0 saturated carbocycles. The van der Waals surface area contributed by atoms with Crippen molar-refractivity contribution in [2.24, 2.45) is 5.92 Å². The second-order valence-corrected chi connectivity index (χ2v) is 5.40. The number of aliphatic hydroxyl groups is 1. The zero-order valence-corrected chi connectivity index (χ0v) is 12.2. The van der Waals surface area contributed by atoms with E-state index in [2.05, 4.69) is 5.10 Å². The molecule has 0 aliphatic carbocycles. The minimum Gasteiger partial charge on any atom is -0.393 e. The van der Waals surface area contributed by atoms with Crippen molar-refractivity contribution in [3.63, 3.8) is 0 Å². The Morgan fingerprint density at radius 3 is 2.55 bits per heavy atom. The van der Waals surface area contributed by atoms with E-state index in [0.29, 0.717) is 18.1 Å². The number of nitro groups is 1. The standard InChI is InChI=1S/C13H22N4O3/c1-4-16-13(12(17(19)20)9(2)14-16)15-7-5-11(6-8-15)10(3)18/h10-11,18H,4-8H2,1-3H3. The van der Waals surface area contributed by atoms with Crippen LogP contribution in [0.15, 0.2) is 0 Å². The lowest BCUT2D eigenvalue weighted by atomic mass is 9.92. The molecule has 0 amide bonds. The third-order valence-electron chi connectivity index (χ3n) is 4.07. The number of nitrogens with zero attached hydrogens (tertiary/aromatic N) is 4. The number of aromatic nitrogens is 2. The summed E-state index contributed by atoms with van der Waals surface area (Å²) < 4.78 is 1.70. The maximum atomic E-state index is 11.3. The highest BCUT2D eigenvalue weighted by atomic mass is 16.6. The summed E-state index contributed by atoms with van der Waals surface area (Å²) in [5.74, 6) is 0.892. The van der Waals surface area contributed by atoms with Crippen molar-refractivity contribution >= 4 is 11.5 Å². The Morgan fingerprint density at radius 1 is 1.50 bits per heavy atom. The van der Waals surface area contributed by atoms with Gasteiger partial charge in [0.25, 0.3) is 0 Å². The van der Waals surface area contributed by atoms with Crippen molar-refractivity contribution in [3.8, 4) is 0 Å². The minimum absolute atomic E-state index is 0.113. The van der Waals surface area contributed by atoms with E-state index in [1.165, 1.54) is 0 Å². The first-order valence-electron chi connectivity index (χ1n) is 7.10. The first kappa shape index (κ1) is 14.8. The van der Waals surface area contributed by atoms with Gasteiger partial charge < -0.3 is 10.0 Å². The molecule has 1 saturated heterocycles. The highest BCUT2D eigenvalue weighted by Crippen LogP contribution is 2.34. The largest absolute Gasteiger partial charge is 0.393 e. The van der Waals surface area contributed by atoms with Crippen molar-refractivity contribution in [2.75, 3.05) is 18.0 Å². The fraction of sp³-hybridized carbons (Fsp3) is 0.769. The summed E-state index contributed by atoms with van der Waals surface area (Å²) in [6.07, 6.45) is 1.39. The number of hydrogen-bond acceptors (Lipinski definition) is 5. The van der Waals surface area contributed by atoms with E-state index in [-0.39, 0.29) is 22.6 Å². The monoisotopic (exact) mass is 282 g/mol. The Kier molecular flexibility index (Phi) is 4.27. The van der Waals surface area contributed by atoms with Crippen LogP contribution in [0.1, 0.15) is 32.4 Å². The molecule has 2 rings (SSSR count). The van der Waals surface area contributed by atoms with Crippen LogP contribution in [0.2, 0.25) is 0 Å². The van der Waals surface area contributed by atoms with Gasteiger partial charge in [-0.25, -0.2) is 4.68 Å². The van der Waals surface area contributed by atoms with Gasteiger partial charge in [-0.2, -0.15) is 5.10 Å². The van der Waals surface area contributed by atoms with Gasteiger partial charge in [-0.3, -0.25) is 10.1 Å². The number of anilines is 1. The van der Waals surface area contributed by atoms with Gasteiger partial charge in [0.05, 0.1) is 11.0 Å². The Bertz CT molecular complexity index is 490. The molecule has 112 valence electrons. The van der Waals surface area contributed by atoms with Gasteiger partial charge in [-0.15, -0.1) is 0 Å². The van der Waals surface area contributed by atoms with Gasteiger partial charge in [-0.05, 0) is 39.5 Å². The maximum Gasteiger partial charge on any atom is 0.333 e. The zero-order valence-electron chi connectivity index (χ0n) is 12.2. The summed E-state index contributed by atoms with van der Waals surface area (Å²) in [4.78, 5) is 13.0. The average molecular weight is 282 g/mol. The van der Waals surface area contributed by atoms with Crippen molar-refractivity contribution in [1.82, 2.24) is 9.78 Å². The Morgan fingerprint density at radius 2 is 2.10 bits per heavy atom. The fourth-order valence-corrected chi connectivity index (χ4v) is 2.90. The predicted molar refractivity (Wildman–Crippen MR) is 75.9 cm³/mol. The molecule has 1 aliphatic rings. The number of rotatable bonds is 4. The van der Waals surface area contributed by atoms with E-state index in [1.54, 1.807) is 11.6 Å². The molecule has 1 aliphatic heterocycles. The van der Waals surface area contributed by atoms with E-state index >= 15 is 0 Å². The van der Waals surface area contributed by atoms with Crippen molar-refractivity contribution in [1.29, 1.82) is 0 Å². The van der Waals surface area contributed by atoms with Crippen LogP contribution in [0.25, 0.3) is 0 Å². The van der Waals surface area contributed by atoms with Crippen LogP contribution in [0, 0.1) is 23.0 Å². The molecule has 1 atom stereocenters. The predicted octanol–water partition coefficient (Wildman–Crippen LogP) is 1.72. The maximum absolute atomic E-state index is 11.3. The van der Waals surface area contributed by atoms with Crippen LogP contribution in [0.4, 0.5) is 11.5 Å². The summed E-state index contributed by atoms with van der Waals surface area (Å²) in [6.45, 7) is 7.48. The second kappa shape index (κ2) is 5.78. The highest BCUT2D eigenvalue weighted by molar-refractivity contribution is 5.61. The normalized spacial score (nSPS) is 18.3. The van der Waals surface area contributed by atoms with Crippen molar-refractivity contribution in [2.45, 2.75) is 46.3 Å². The topological polar surface area (TPSA) is 84.4 Å². The van der Waals surface area contributed by atoms with Gasteiger partial charge in [0, 0.05) is 19.6 Å². The molecule has 0 bridgehead atoms. The van der Waals surface area contributed by atoms with Crippen LogP contribution in [-0.2, 0) is 6.54 Å². The van der Waals surface area contributed by atoms with E-state index in [9.17, 15) is 15.2 Å². The van der Waals surface area contributed by atoms with Crippen LogP contribution in [-0.4, -0.2) is 39.0 Å². The smallest absolute Gasteiger partial charge is 0.333 e. The highest BCUT2D eigenvalue weighted by Gasteiger charge is 2.32. The van der Waals surface area contributed by atoms with E-state index in [0.717, 1.165) is 25.9 Å². The van der Waals surface area contributed by atoms with Gasteiger partial charge in [-0.1, -0.05) is 0 Å². The average Bonchev–Trinajstić information content (AvgIpc) is 2.75. The molecule has 1 aromatic heterocycles. The van der Waals surface area contributed by atoms with Gasteiger partial charge in [0.2, 0.25) is 5.82 Å². The lowest BCUT2D eigenvalue weighted by Gasteiger charge is -2.34. The van der Waals surface area contributed by atoms with E-state index < -0.39 is 0 Å². The summed E-state index contributed by atoms with van der Waals surface area (Å²) in [7, 11) is 0. The van der Waals surface area contributed by atoms with Gasteiger partial charge >= 0.3 is 5.69 Å². The second-order valence-electron chi connectivity index (χ2n) is 5.40. The van der Waals surface area contributed by atoms with E-state index in [1.807, 2.05) is 18.7 Å². The summed E-state index contributed by atoms with van der Waals surface area (Å²) in [6, 6.07) is 0. The van der Waals surface area contributed by atoms with Crippen LogP contribution in [0.5, 0.6) is 0 Å². The Balaban J connectivity index is 2.27. The molecule has 20 heavy (non-hydrogen) atoms. The lowest BCUT2D eigenvalue weighted by Crippen LogP contribution is -2.38. The van der Waals surface area contributed by atoms with Crippen LogP contribution < -0.4 is 4.90 Å². The van der Waals surface area contributed by atoms with E-state index in [4.69, 9.17) is 0 Å². The molecule has 7 heteroatoms. The lowest BCUT2D eigenvalue weighted by molar-refractivity contribution is -0.384. The molecular formula is C13H22N4O3. The number of hydrogen-bond donors (Lipinski definition) is 1. The third kappa shape index (κ3) is 2.63. The van der Waals surface area contributed by atoms with Crippen LogP contribution >= 0.6 is 0 Å². The van der Waals surface area contributed by atoms with Gasteiger partial charge in [0.15, 0.2) is 0 Å². The first-order valence-corrected chi connectivity index (χ1v) is 7.10.